The number of thioether (sulfide) groups is 1. The Morgan fingerprint density at radius 2 is 2.10 bits per heavy atom. The van der Waals surface area contributed by atoms with E-state index in [9.17, 15) is 4.79 Å². The van der Waals surface area contributed by atoms with Crippen molar-refractivity contribution in [1.29, 1.82) is 0 Å². The minimum atomic E-state index is -0.224. The number of aryl methyl sites for hydroxylation is 1. The van der Waals surface area contributed by atoms with Gasteiger partial charge in [-0.15, -0.1) is 16.8 Å². The predicted octanol–water partition coefficient (Wildman–Crippen LogP) is 3.90. The van der Waals surface area contributed by atoms with E-state index in [2.05, 4.69) is 32.7 Å². The zero-order valence-electron chi connectivity index (χ0n) is 11.9. The van der Waals surface area contributed by atoms with Gasteiger partial charge in [-0.3, -0.25) is 4.79 Å². The Hall–Kier alpha value is -1.40. The molecule has 0 saturated heterocycles. The van der Waals surface area contributed by atoms with E-state index in [1.54, 1.807) is 6.08 Å². The van der Waals surface area contributed by atoms with Crippen molar-refractivity contribution >= 4 is 33.5 Å². The van der Waals surface area contributed by atoms with Crippen LogP contribution in [0.2, 0.25) is 0 Å². The Morgan fingerprint density at radius 1 is 1.43 bits per heavy atom. The van der Waals surface area contributed by atoms with Crippen molar-refractivity contribution in [2.24, 2.45) is 0 Å². The van der Waals surface area contributed by atoms with Crippen LogP contribution in [-0.2, 0) is 6.54 Å². The Kier molecular flexibility index (Phi) is 5.36. The fourth-order valence-electron chi connectivity index (χ4n) is 1.85. The highest BCUT2D eigenvalue weighted by atomic mass is 79.9. The van der Waals surface area contributed by atoms with Crippen molar-refractivity contribution in [3.63, 3.8) is 0 Å². The van der Waals surface area contributed by atoms with Gasteiger partial charge in [-0.25, -0.2) is 0 Å². The van der Waals surface area contributed by atoms with Crippen LogP contribution in [-0.4, -0.2) is 25.8 Å². The Bertz CT molecular complexity index is 651. The number of aromatic nitrogens is 3. The van der Waals surface area contributed by atoms with E-state index < -0.39 is 0 Å². The molecule has 1 heterocycles. The number of hydrogen-bond acceptors (Lipinski definition) is 4. The van der Waals surface area contributed by atoms with Gasteiger partial charge in [0, 0.05) is 16.6 Å². The molecule has 4 nitrogen and oxygen atoms in total. The van der Waals surface area contributed by atoms with Crippen molar-refractivity contribution in [1.82, 2.24) is 14.8 Å². The predicted molar refractivity (Wildman–Crippen MR) is 88.7 cm³/mol. The third-order valence-corrected chi connectivity index (χ3v) is 4.60. The second kappa shape index (κ2) is 7.04. The summed E-state index contributed by atoms with van der Waals surface area (Å²) in [5.74, 6) is 0.902. The van der Waals surface area contributed by atoms with Gasteiger partial charge in [-0.2, -0.15) is 0 Å². The molecule has 1 aromatic heterocycles. The maximum atomic E-state index is 12.4. The lowest BCUT2D eigenvalue weighted by Gasteiger charge is -2.11. The van der Waals surface area contributed by atoms with E-state index in [1.807, 2.05) is 42.7 Å². The van der Waals surface area contributed by atoms with Crippen LogP contribution >= 0.6 is 27.7 Å². The van der Waals surface area contributed by atoms with Crippen LogP contribution in [0.4, 0.5) is 0 Å². The number of hydrogen-bond donors (Lipinski definition) is 0. The van der Waals surface area contributed by atoms with E-state index in [4.69, 9.17) is 0 Å². The second-order valence-electron chi connectivity index (χ2n) is 4.56. The van der Waals surface area contributed by atoms with E-state index in [0.717, 1.165) is 15.5 Å². The maximum Gasteiger partial charge on any atom is 0.192 e. The van der Waals surface area contributed by atoms with E-state index >= 15 is 0 Å². The van der Waals surface area contributed by atoms with Gasteiger partial charge in [0.2, 0.25) is 0 Å². The van der Waals surface area contributed by atoms with Crippen LogP contribution in [0.25, 0.3) is 0 Å². The van der Waals surface area contributed by atoms with Crippen LogP contribution in [0.3, 0.4) is 0 Å². The first kappa shape index (κ1) is 16.0. The lowest BCUT2D eigenvalue weighted by Crippen LogP contribution is -2.14. The summed E-state index contributed by atoms with van der Waals surface area (Å²) in [5, 5.41) is 8.71. The molecule has 2 rings (SSSR count). The zero-order chi connectivity index (χ0) is 15.4. The minimum absolute atomic E-state index is 0.0818. The molecule has 0 bridgehead atoms. The molecule has 0 aliphatic heterocycles. The van der Waals surface area contributed by atoms with Gasteiger partial charge in [0.15, 0.2) is 10.9 Å². The number of carbonyl (C=O) groups is 1. The third kappa shape index (κ3) is 3.83. The molecule has 110 valence electrons. The number of ketones is 1. The summed E-state index contributed by atoms with van der Waals surface area (Å²) in [5.41, 5.74) is 0.699. The fourth-order valence-corrected chi connectivity index (χ4v) is 3.09. The van der Waals surface area contributed by atoms with Gasteiger partial charge < -0.3 is 4.57 Å². The SMILES string of the molecule is C=CCn1c(C)nnc1SC(C)C(=O)c1ccc(Br)cc1. The number of halogens is 1. The minimum Gasteiger partial charge on any atom is -0.302 e. The highest BCUT2D eigenvalue weighted by molar-refractivity contribution is 9.10. The molecule has 1 unspecified atom stereocenters. The van der Waals surface area contributed by atoms with Crippen molar-refractivity contribution in [2.45, 2.75) is 30.8 Å². The molecule has 0 amide bonds. The Balaban J connectivity index is 2.14. The molecule has 0 N–H and O–H groups in total. The smallest absolute Gasteiger partial charge is 0.192 e. The summed E-state index contributed by atoms with van der Waals surface area (Å²) in [6.45, 7) is 8.15. The number of carbonyl (C=O) groups excluding carboxylic acids is 1. The molecule has 0 radical (unpaired) electrons. The molecule has 0 aliphatic carbocycles. The molecule has 0 saturated carbocycles. The highest BCUT2D eigenvalue weighted by Crippen LogP contribution is 2.25. The van der Waals surface area contributed by atoms with Crippen molar-refractivity contribution < 1.29 is 4.79 Å². The number of benzene rings is 1. The second-order valence-corrected chi connectivity index (χ2v) is 6.78. The average molecular weight is 366 g/mol. The van der Waals surface area contributed by atoms with Crippen molar-refractivity contribution in [3.8, 4) is 0 Å². The molecule has 0 aliphatic rings. The number of allylic oxidation sites excluding steroid dienone is 1. The maximum absolute atomic E-state index is 12.4. The Morgan fingerprint density at radius 3 is 2.71 bits per heavy atom. The summed E-state index contributed by atoms with van der Waals surface area (Å²) >= 11 is 4.79. The summed E-state index contributed by atoms with van der Waals surface area (Å²) in [6, 6.07) is 7.39. The first-order chi connectivity index (χ1) is 10.0. The molecule has 1 aromatic carbocycles. The topological polar surface area (TPSA) is 47.8 Å². The average Bonchev–Trinajstić information content (AvgIpc) is 2.81. The van der Waals surface area contributed by atoms with Gasteiger partial charge in [0.25, 0.3) is 0 Å². The molecule has 1 atom stereocenters. The fraction of sp³-hybridized carbons (Fsp3) is 0.267. The monoisotopic (exact) mass is 365 g/mol. The molecule has 0 spiro atoms. The van der Waals surface area contributed by atoms with Gasteiger partial charge in [-0.05, 0) is 26.0 Å². The summed E-state index contributed by atoms with van der Waals surface area (Å²) < 4.78 is 2.91. The van der Waals surface area contributed by atoms with Crippen LogP contribution in [0, 0.1) is 6.92 Å². The highest BCUT2D eigenvalue weighted by Gasteiger charge is 2.20. The van der Waals surface area contributed by atoms with Gasteiger partial charge in [-0.1, -0.05) is 45.9 Å². The van der Waals surface area contributed by atoms with E-state index in [0.29, 0.717) is 12.1 Å². The molecule has 21 heavy (non-hydrogen) atoms. The first-order valence-corrected chi connectivity index (χ1v) is 8.17. The van der Waals surface area contributed by atoms with Crippen LogP contribution in [0.15, 0.2) is 46.5 Å². The quantitative estimate of drug-likeness (QED) is 0.442. The first-order valence-electron chi connectivity index (χ1n) is 6.50. The van der Waals surface area contributed by atoms with Crippen molar-refractivity contribution in [3.05, 3.63) is 52.8 Å². The number of rotatable bonds is 6. The van der Waals surface area contributed by atoms with Crippen molar-refractivity contribution in [2.75, 3.05) is 0 Å². The van der Waals surface area contributed by atoms with Crippen LogP contribution in [0.1, 0.15) is 23.1 Å². The summed E-state index contributed by atoms with van der Waals surface area (Å²) in [4.78, 5) is 12.4. The molecule has 0 fully saturated rings. The molecular formula is C15H16BrN3OS. The van der Waals surface area contributed by atoms with Gasteiger partial charge in [0.05, 0.1) is 5.25 Å². The molecule has 2 aromatic rings. The normalized spacial score (nSPS) is 12.1. The van der Waals surface area contributed by atoms with E-state index in [1.165, 1.54) is 11.8 Å². The lowest BCUT2D eigenvalue weighted by atomic mass is 10.1. The van der Waals surface area contributed by atoms with Crippen LogP contribution in [0.5, 0.6) is 0 Å². The number of Topliss-reactive ketones (excluding diaryl/α,β-unsaturated/α-hetero) is 1. The number of nitrogens with zero attached hydrogens (tertiary/aromatic N) is 3. The van der Waals surface area contributed by atoms with Crippen LogP contribution < -0.4 is 0 Å². The summed E-state index contributed by atoms with van der Waals surface area (Å²) in [7, 11) is 0. The third-order valence-electron chi connectivity index (χ3n) is 2.99. The summed E-state index contributed by atoms with van der Waals surface area (Å²) in [6.07, 6.45) is 1.79. The molecule has 6 heteroatoms. The van der Waals surface area contributed by atoms with Gasteiger partial charge >= 0.3 is 0 Å². The van der Waals surface area contributed by atoms with Gasteiger partial charge in [0.1, 0.15) is 5.82 Å². The molecular weight excluding hydrogens is 350 g/mol. The zero-order valence-corrected chi connectivity index (χ0v) is 14.3. The standard InChI is InChI=1S/C15H16BrN3OS/c1-4-9-19-11(3)17-18-15(19)21-10(2)14(20)12-5-7-13(16)8-6-12/h4-8,10H,1,9H2,2-3H3. The van der Waals surface area contributed by atoms with E-state index in [-0.39, 0.29) is 11.0 Å². The Labute approximate surface area is 136 Å². The lowest BCUT2D eigenvalue weighted by molar-refractivity contribution is 0.0994. The largest absolute Gasteiger partial charge is 0.302 e.